The van der Waals surface area contributed by atoms with Crippen molar-refractivity contribution < 1.29 is 23.1 Å². The van der Waals surface area contributed by atoms with Crippen LogP contribution in [0.4, 0.5) is 24.5 Å². The molecular formula is C17H11F3N2O2. The number of Topliss-reactive ketones (excluding diaryl/α,β-unsaturated/α-hetero) is 1. The molecule has 0 saturated carbocycles. The molecule has 0 spiro atoms. The summed E-state index contributed by atoms with van der Waals surface area (Å²) in [6.45, 7) is 0. The number of alkyl halides is 3. The fourth-order valence-electron chi connectivity index (χ4n) is 2.37. The standard InChI is InChI=1S/C17H11F3N2O2/c18-17(19,20)9-5-6-13(21)14(7-9)22-8-12-15(23)10-3-1-2-4-11(10)16(12)24/h1-8,23H,21H2. The van der Waals surface area contributed by atoms with E-state index in [1.165, 1.54) is 0 Å². The van der Waals surface area contributed by atoms with Gasteiger partial charge >= 0.3 is 6.18 Å². The van der Waals surface area contributed by atoms with Crippen LogP contribution in [0.5, 0.6) is 0 Å². The van der Waals surface area contributed by atoms with Crippen molar-refractivity contribution in [3.05, 3.63) is 64.7 Å². The molecule has 3 N–H and O–H groups in total. The number of carbonyl (C=O) groups is 1. The van der Waals surface area contributed by atoms with Gasteiger partial charge in [0.15, 0.2) is 5.78 Å². The monoisotopic (exact) mass is 332 g/mol. The number of carbonyl (C=O) groups excluding carboxylic acids is 1. The van der Waals surface area contributed by atoms with Crippen LogP contribution in [0.25, 0.3) is 5.76 Å². The maximum Gasteiger partial charge on any atom is 0.416 e. The molecule has 1 aliphatic carbocycles. The number of aliphatic imine (C=N–C) groups is 1. The lowest BCUT2D eigenvalue weighted by Gasteiger charge is -2.08. The Morgan fingerprint density at radius 1 is 1.08 bits per heavy atom. The minimum absolute atomic E-state index is 0.0299. The SMILES string of the molecule is Nc1ccc(C(F)(F)F)cc1N=CC1=C(O)c2ccccc2C1=O. The smallest absolute Gasteiger partial charge is 0.416 e. The highest BCUT2D eigenvalue weighted by molar-refractivity contribution is 6.30. The summed E-state index contributed by atoms with van der Waals surface area (Å²) in [5.41, 5.74) is 5.21. The van der Waals surface area contributed by atoms with Crippen LogP contribution in [-0.2, 0) is 6.18 Å². The van der Waals surface area contributed by atoms with Crippen LogP contribution >= 0.6 is 0 Å². The van der Waals surface area contributed by atoms with E-state index in [1.54, 1.807) is 24.3 Å². The zero-order chi connectivity index (χ0) is 17.5. The van der Waals surface area contributed by atoms with Crippen LogP contribution in [0, 0.1) is 0 Å². The molecule has 0 atom stereocenters. The van der Waals surface area contributed by atoms with Crippen molar-refractivity contribution in [3.8, 4) is 0 Å². The van der Waals surface area contributed by atoms with Gasteiger partial charge in [0, 0.05) is 17.3 Å². The van der Waals surface area contributed by atoms with E-state index in [2.05, 4.69) is 4.99 Å². The van der Waals surface area contributed by atoms with Crippen molar-refractivity contribution in [2.45, 2.75) is 6.18 Å². The number of nitrogens with two attached hydrogens (primary N) is 1. The summed E-state index contributed by atoms with van der Waals surface area (Å²) in [5.74, 6) is -0.706. The third-order valence-corrected chi connectivity index (χ3v) is 3.62. The molecule has 0 aliphatic heterocycles. The average Bonchev–Trinajstić information content (AvgIpc) is 2.78. The number of nitrogen functional groups attached to an aromatic ring is 1. The molecule has 0 aromatic heterocycles. The first-order valence-corrected chi connectivity index (χ1v) is 6.87. The van der Waals surface area contributed by atoms with Crippen LogP contribution in [0.2, 0.25) is 0 Å². The topological polar surface area (TPSA) is 75.7 Å². The highest BCUT2D eigenvalue weighted by Gasteiger charge is 2.31. The van der Waals surface area contributed by atoms with Gasteiger partial charge in [-0.3, -0.25) is 9.79 Å². The van der Waals surface area contributed by atoms with Gasteiger partial charge in [-0.15, -0.1) is 0 Å². The Labute approximate surface area is 134 Å². The lowest BCUT2D eigenvalue weighted by atomic mass is 10.1. The Bertz CT molecular complexity index is 899. The van der Waals surface area contributed by atoms with Gasteiger partial charge in [0.1, 0.15) is 5.76 Å². The Hall–Kier alpha value is -3.09. The number of hydrogen-bond donors (Lipinski definition) is 2. The van der Waals surface area contributed by atoms with Crippen molar-refractivity contribution in [3.63, 3.8) is 0 Å². The van der Waals surface area contributed by atoms with E-state index in [1.807, 2.05) is 0 Å². The van der Waals surface area contributed by atoms with Crippen molar-refractivity contribution in [2.75, 3.05) is 5.73 Å². The van der Waals surface area contributed by atoms with Crippen molar-refractivity contribution in [1.29, 1.82) is 0 Å². The first-order valence-electron chi connectivity index (χ1n) is 6.87. The largest absolute Gasteiger partial charge is 0.506 e. The highest BCUT2D eigenvalue weighted by Crippen LogP contribution is 2.35. The second-order valence-electron chi connectivity index (χ2n) is 5.17. The number of aliphatic hydroxyl groups excluding tert-OH is 1. The molecule has 0 fully saturated rings. The fraction of sp³-hybridized carbons (Fsp3) is 0.0588. The molecule has 0 bridgehead atoms. The molecule has 4 nitrogen and oxygen atoms in total. The number of anilines is 1. The van der Waals surface area contributed by atoms with Crippen LogP contribution in [0.15, 0.2) is 53.0 Å². The Kier molecular flexibility index (Phi) is 3.63. The maximum atomic E-state index is 12.7. The molecule has 0 heterocycles. The number of nitrogens with zero attached hydrogens (tertiary/aromatic N) is 1. The second-order valence-corrected chi connectivity index (χ2v) is 5.17. The van der Waals surface area contributed by atoms with Crippen LogP contribution in [-0.4, -0.2) is 17.1 Å². The molecule has 122 valence electrons. The van der Waals surface area contributed by atoms with E-state index in [0.29, 0.717) is 11.1 Å². The van der Waals surface area contributed by atoms with Gasteiger partial charge in [-0.2, -0.15) is 13.2 Å². The van der Waals surface area contributed by atoms with E-state index >= 15 is 0 Å². The lowest BCUT2D eigenvalue weighted by Crippen LogP contribution is -2.05. The molecule has 0 amide bonds. The van der Waals surface area contributed by atoms with E-state index in [-0.39, 0.29) is 22.7 Å². The predicted octanol–water partition coefficient (Wildman–Crippen LogP) is 4.16. The van der Waals surface area contributed by atoms with Crippen molar-refractivity contribution >= 4 is 29.1 Å². The molecule has 1 aliphatic rings. The minimum Gasteiger partial charge on any atom is -0.506 e. The van der Waals surface area contributed by atoms with Gasteiger partial charge in [0.25, 0.3) is 0 Å². The summed E-state index contributed by atoms with van der Waals surface area (Å²) in [7, 11) is 0. The third kappa shape index (κ3) is 2.64. The van der Waals surface area contributed by atoms with Crippen LogP contribution in [0.3, 0.4) is 0 Å². The number of fused-ring (bicyclic) bond motifs is 1. The van der Waals surface area contributed by atoms with Gasteiger partial charge in [0.05, 0.1) is 22.5 Å². The van der Waals surface area contributed by atoms with Crippen LogP contribution < -0.4 is 5.73 Å². The number of rotatable bonds is 2. The average molecular weight is 332 g/mol. The normalized spacial score (nSPS) is 14.5. The molecule has 2 aromatic carbocycles. The first kappa shape index (κ1) is 15.8. The van der Waals surface area contributed by atoms with Gasteiger partial charge in [0.2, 0.25) is 0 Å². The van der Waals surface area contributed by atoms with E-state index in [4.69, 9.17) is 5.73 Å². The Balaban J connectivity index is 1.98. The lowest BCUT2D eigenvalue weighted by molar-refractivity contribution is -0.137. The fourth-order valence-corrected chi connectivity index (χ4v) is 2.37. The van der Waals surface area contributed by atoms with Crippen LogP contribution in [0.1, 0.15) is 21.5 Å². The summed E-state index contributed by atoms with van der Waals surface area (Å²) in [6, 6.07) is 9.16. The number of halogens is 3. The Morgan fingerprint density at radius 2 is 1.75 bits per heavy atom. The second kappa shape index (κ2) is 5.52. The molecule has 3 rings (SSSR count). The van der Waals surface area contributed by atoms with Crippen molar-refractivity contribution in [1.82, 2.24) is 0 Å². The number of aliphatic hydroxyl groups is 1. The number of benzene rings is 2. The Morgan fingerprint density at radius 3 is 2.38 bits per heavy atom. The minimum atomic E-state index is -4.53. The predicted molar refractivity (Wildman–Crippen MR) is 84.3 cm³/mol. The summed E-state index contributed by atoms with van der Waals surface area (Å²) in [5, 5.41) is 10.1. The van der Waals surface area contributed by atoms with Gasteiger partial charge in [-0.05, 0) is 18.2 Å². The molecule has 2 aromatic rings. The zero-order valence-corrected chi connectivity index (χ0v) is 12.1. The number of hydrogen-bond acceptors (Lipinski definition) is 4. The molecule has 0 saturated heterocycles. The summed E-state index contributed by atoms with van der Waals surface area (Å²) in [4.78, 5) is 16.1. The quantitative estimate of drug-likeness (QED) is 0.640. The van der Waals surface area contributed by atoms with Gasteiger partial charge in [-0.25, -0.2) is 0 Å². The molecule has 24 heavy (non-hydrogen) atoms. The van der Waals surface area contributed by atoms with Gasteiger partial charge in [-0.1, -0.05) is 24.3 Å². The molecular weight excluding hydrogens is 321 g/mol. The van der Waals surface area contributed by atoms with Gasteiger partial charge < -0.3 is 10.8 Å². The molecule has 0 radical (unpaired) electrons. The zero-order valence-electron chi connectivity index (χ0n) is 12.1. The summed E-state index contributed by atoms with van der Waals surface area (Å²) in [6.07, 6.45) is -3.50. The number of allylic oxidation sites excluding steroid dienone is 1. The van der Waals surface area contributed by atoms with E-state index in [9.17, 15) is 23.1 Å². The first-order chi connectivity index (χ1) is 11.3. The maximum absolute atomic E-state index is 12.7. The number of ketones is 1. The summed E-state index contributed by atoms with van der Waals surface area (Å²) >= 11 is 0. The summed E-state index contributed by atoms with van der Waals surface area (Å²) < 4.78 is 38.2. The van der Waals surface area contributed by atoms with E-state index < -0.39 is 17.5 Å². The van der Waals surface area contributed by atoms with E-state index in [0.717, 1.165) is 24.4 Å². The highest BCUT2D eigenvalue weighted by atomic mass is 19.4. The molecule has 0 unspecified atom stereocenters. The van der Waals surface area contributed by atoms with Crippen molar-refractivity contribution in [2.24, 2.45) is 4.99 Å². The molecule has 7 heteroatoms. The third-order valence-electron chi connectivity index (χ3n) is 3.62.